The van der Waals surface area contributed by atoms with Crippen molar-refractivity contribution in [2.24, 2.45) is 0 Å². The van der Waals surface area contributed by atoms with Crippen molar-refractivity contribution < 1.29 is 13.2 Å². The standard InChI is InChI=1S/C19H25F3N4S/c1-25-9-11-26(12-10-25)8-2-7-23-13-17-14-27-18(24-17)15-3-5-16(6-4-15)19(20,21)22/h3-6,14,23H,2,7-13H2,1H3. The first-order valence-corrected chi connectivity index (χ1v) is 10.0. The highest BCUT2D eigenvalue weighted by atomic mass is 32.1. The van der Waals surface area contributed by atoms with Crippen LogP contribution in [0.5, 0.6) is 0 Å². The quantitative estimate of drug-likeness (QED) is 0.723. The monoisotopic (exact) mass is 398 g/mol. The molecule has 1 aromatic carbocycles. The minimum atomic E-state index is -4.30. The molecular weight excluding hydrogens is 373 g/mol. The number of benzene rings is 1. The number of rotatable bonds is 7. The third-order valence-electron chi connectivity index (χ3n) is 4.74. The number of hydrogen-bond acceptors (Lipinski definition) is 5. The van der Waals surface area contributed by atoms with Crippen molar-refractivity contribution in [1.82, 2.24) is 20.1 Å². The fourth-order valence-electron chi connectivity index (χ4n) is 3.04. The maximum absolute atomic E-state index is 12.6. The summed E-state index contributed by atoms with van der Waals surface area (Å²) in [5, 5.41) is 6.11. The average Bonchev–Trinajstić information content (AvgIpc) is 3.11. The Bertz CT molecular complexity index is 706. The summed E-state index contributed by atoms with van der Waals surface area (Å²) < 4.78 is 37.9. The minimum Gasteiger partial charge on any atom is -0.311 e. The first-order chi connectivity index (χ1) is 12.9. The first kappa shape index (κ1) is 20.3. The Labute approximate surface area is 162 Å². The zero-order valence-electron chi connectivity index (χ0n) is 15.4. The second-order valence-corrected chi connectivity index (χ2v) is 7.75. The van der Waals surface area contributed by atoms with E-state index >= 15 is 0 Å². The van der Waals surface area contributed by atoms with Gasteiger partial charge in [0, 0.05) is 43.7 Å². The van der Waals surface area contributed by atoms with Gasteiger partial charge in [0.25, 0.3) is 0 Å². The lowest BCUT2D eigenvalue weighted by molar-refractivity contribution is -0.137. The van der Waals surface area contributed by atoms with E-state index in [0.717, 1.165) is 68.5 Å². The molecule has 0 unspecified atom stereocenters. The van der Waals surface area contributed by atoms with E-state index in [9.17, 15) is 13.2 Å². The third-order valence-corrected chi connectivity index (χ3v) is 5.68. The minimum absolute atomic E-state index is 0.634. The molecule has 148 valence electrons. The van der Waals surface area contributed by atoms with Crippen LogP contribution in [0.3, 0.4) is 0 Å². The molecule has 0 radical (unpaired) electrons. The Hall–Kier alpha value is -1.48. The number of halogens is 3. The molecule has 1 saturated heterocycles. The van der Waals surface area contributed by atoms with Crippen LogP contribution in [0.15, 0.2) is 29.6 Å². The highest BCUT2D eigenvalue weighted by Crippen LogP contribution is 2.31. The van der Waals surface area contributed by atoms with Crippen LogP contribution in [0.2, 0.25) is 0 Å². The van der Waals surface area contributed by atoms with Crippen molar-refractivity contribution in [1.29, 1.82) is 0 Å². The number of thiazole rings is 1. The molecule has 0 aliphatic carbocycles. The molecule has 1 aromatic heterocycles. The molecule has 0 amide bonds. The van der Waals surface area contributed by atoms with Crippen molar-refractivity contribution in [2.75, 3.05) is 46.3 Å². The van der Waals surface area contributed by atoms with Gasteiger partial charge in [0.15, 0.2) is 0 Å². The summed E-state index contributed by atoms with van der Waals surface area (Å²) >= 11 is 1.46. The summed E-state index contributed by atoms with van der Waals surface area (Å²) in [4.78, 5) is 9.37. The van der Waals surface area contributed by atoms with Crippen molar-refractivity contribution in [3.63, 3.8) is 0 Å². The van der Waals surface area contributed by atoms with E-state index < -0.39 is 11.7 Å². The molecule has 0 spiro atoms. The summed E-state index contributed by atoms with van der Waals surface area (Å²) in [7, 11) is 2.16. The van der Waals surface area contributed by atoms with Crippen molar-refractivity contribution in [3.8, 4) is 10.6 Å². The highest BCUT2D eigenvalue weighted by Gasteiger charge is 2.30. The van der Waals surface area contributed by atoms with Gasteiger partial charge < -0.3 is 15.1 Å². The fourth-order valence-corrected chi connectivity index (χ4v) is 3.86. The molecule has 1 fully saturated rings. The van der Waals surface area contributed by atoms with Gasteiger partial charge >= 0.3 is 6.18 Å². The number of aromatic nitrogens is 1. The van der Waals surface area contributed by atoms with E-state index in [1.165, 1.54) is 23.5 Å². The lowest BCUT2D eigenvalue weighted by Crippen LogP contribution is -2.45. The van der Waals surface area contributed by atoms with Gasteiger partial charge in [0.05, 0.1) is 11.3 Å². The van der Waals surface area contributed by atoms with E-state index in [1.54, 1.807) is 0 Å². The fraction of sp³-hybridized carbons (Fsp3) is 0.526. The van der Waals surface area contributed by atoms with Crippen LogP contribution in [-0.2, 0) is 12.7 Å². The largest absolute Gasteiger partial charge is 0.416 e. The molecule has 0 saturated carbocycles. The van der Waals surface area contributed by atoms with E-state index in [-0.39, 0.29) is 0 Å². The van der Waals surface area contributed by atoms with Crippen LogP contribution in [0.25, 0.3) is 10.6 Å². The average molecular weight is 398 g/mol. The molecule has 27 heavy (non-hydrogen) atoms. The van der Waals surface area contributed by atoms with E-state index in [4.69, 9.17) is 0 Å². The molecular formula is C19H25F3N4S. The summed E-state index contributed by atoms with van der Waals surface area (Å²) in [6.07, 6.45) is -3.21. The van der Waals surface area contributed by atoms with Crippen LogP contribution in [0.1, 0.15) is 17.7 Å². The van der Waals surface area contributed by atoms with E-state index in [1.807, 2.05) is 5.38 Å². The van der Waals surface area contributed by atoms with Gasteiger partial charge in [-0.25, -0.2) is 4.98 Å². The summed E-state index contributed by atoms with van der Waals surface area (Å²) in [6.45, 7) is 7.27. The smallest absolute Gasteiger partial charge is 0.311 e. The Morgan fingerprint density at radius 2 is 1.81 bits per heavy atom. The molecule has 1 N–H and O–H groups in total. The van der Waals surface area contributed by atoms with Crippen molar-refractivity contribution in [2.45, 2.75) is 19.1 Å². The summed E-state index contributed by atoms with van der Waals surface area (Å²) in [6, 6.07) is 5.17. The Balaban J connectivity index is 1.40. The van der Waals surface area contributed by atoms with Crippen LogP contribution < -0.4 is 5.32 Å². The van der Waals surface area contributed by atoms with Gasteiger partial charge in [-0.1, -0.05) is 12.1 Å². The molecule has 2 aromatic rings. The summed E-state index contributed by atoms with van der Waals surface area (Å²) in [5.41, 5.74) is 1.01. The van der Waals surface area contributed by atoms with Crippen LogP contribution in [-0.4, -0.2) is 61.1 Å². The lowest BCUT2D eigenvalue weighted by Gasteiger charge is -2.32. The molecule has 8 heteroatoms. The molecule has 0 bridgehead atoms. The van der Waals surface area contributed by atoms with Crippen molar-refractivity contribution in [3.05, 3.63) is 40.9 Å². The lowest BCUT2D eigenvalue weighted by atomic mass is 10.1. The van der Waals surface area contributed by atoms with Gasteiger partial charge in [0.2, 0.25) is 0 Å². The molecule has 0 atom stereocenters. The maximum Gasteiger partial charge on any atom is 0.416 e. The SMILES string of the molecule is CN1CCN(CCCNCc2csc(-c3ccc(C(F)(F)F)cc3)n2)CC1. The second kappa shape index (κ2) is 9.14. The summed E-state index contributed by atoms with van der Waals surface area (Å²) in [5.74, 6) is 0. The Morgan fingerprint density at radius 3 is 2.48 bits per heavy atom. The molecule has 3 rings (SSSR count). The van der Waals surface area contributed by atoms with E-state index in [2.05, 4.69) is 27.1 Å². The van der Waals surface area contributed by atoms with Crippen LogP contribution >= 0.6 is 11.3 Å². The van der Waals surface area contributed by atoms with Gasteiger partial charge in [0.1, 0.15) is 5.01 Å². The predicted molar refractivity (Wildman–Crippen MR) is 103 cm³/mol. The van der Waals surface area contributed by atoms with Gasteiger partial charge in [-0.05, 0) is 38.7 Å². The van der Waals surface area contributed by atoms with Gasteiger partial charge in [-0.2, -0.15) is 13.2 Å². The van der Waals surface area contributed by atoms with E-state index in [0.29, 0.717) is 12.1 Å². The maximum atomic E-state index is 12.6. The number of alkyl halides is 3. The Kier molecular flexibility index (Phi) is 6.86. The Morgan fingerprint density at radius 1 is 1.11 bits per heavy atom. The number of likely N-dealkylation sites (N-methyl/N-ethyl adjacent to an activating group) is 1. The highest BCUT2D eigenvalue weighted by molar-refractivity contribution is 7.13. The van der Waals surface area contributed by atoms with Crippen LogP contribution in [0.4, 0.5) is 13.2 Å². The zero-order chi connectivity index (χ0) is 19.3. The normalized spacial score (nSPS) is 16.7. The van der Waals surface area contributed by atoms with Gasteiger partial charge in [-0.15, -0.1) is 11.3 Å². The third kappa shape index (κ3) is 6.00. The molecule has 1 aliphatic heterocycles. The molecule has 2 heterocycles. The second-order valence-electron chi connectivity index (χ2n) is 6.89. The molecule has 4 nitrogen and oxygen atoms in total. The number of nitrogens with zero attached hydrogens (tertiary/aromatic N) is 3. The van der Waals surface area contributed by atoms with Crippen molar-refractivity contribution >= 4 is 11.3 Å². The number of hydrogen-bond donors (Lipinski definition) is 1. The van der Waals surface area contributed by atoms with Crippen LogP contribution in [0, 0.1) is 0 Å². The van der Waals surface area contributed by atoms with Gasteiger partial charge in [-0.3, -0.25) is 0 Å². The first-order valence-electron chi connectivity index (χ1n) is 9.15. The number of piperazine rings is 1. The number of nitrogens with one attached hydrogen (secondary N) is 1. The zero-order valence-corrected chi connectivity index (χ0v) is 16.2. The topological polar surface area (TPSA) is 31.4 Å². The molecule has 1 aliphatic rings. The predicted octanol–water partition coefficient (Wildman–Crippen LogP) is 3.56.